The molecule has 2 nitrogen and oxygen atoms in total. The standard InChI is InChI=1S/C13H19BrN2/c1-16(9-3-8-15)13-7-6-10-11(13)4-2-5-12(10)14/h2,4-5,13H,3,6-9,15H2,1H3. The highest BCUT2D eigenvalue weighted by Gasteiger charge is 2.26. The van der Waals surface area contributed by atoms with Crippen LogP contribution in [0.25, 0.3) is 0 Å². The topological polar surface area (TPSA) is 29.3 Å². The van der Waals surface area contributed by atoms with Gasteiger partial charge in [0.1, 0.15) is 0 Å². The summed E-state index contributed by atoms with van der Waals surface area (Å²) in [7, 11) is 2.20. The summed E-state index contributed by atoms with van der Waals surface area (Å²) in [6, 6.07) is 7.12. The number of hydrogen-bond acceptors (Lipinski definition) is 2. The lowest BCUT2D eigenvalue weighted by molar-refractivity contribution is 0.243. The molecule has 0 radical (unpaired) electrons. The van der Waals surface area contributed by atoms with Crippen LogP contribution in [-0.4, -0.2) is 25.0 Å². The van der Waals surface area contributed by atoms with Crippen LogP contribution in [0.1, 0.15) is 30.0 Å². The summed E-state index contributed by atoms with van der Waals surface area (Å²) in [5.74, 6) is 0. The summed E-state index contributed by atoms with van der Waals surface area (Å²) in [5, 5.41) is 0. The monoisotopic (exact) mass is 282 g/mol. The third-order valence-corrected chi connectivity index (χ3v) is 4.17. The number of rotatable bonds is 4. The van der Waals surface area contributed by atoms with Gasteiger partial charge in [-0.25, -0.2) is 0 Å². The average Bonchev–Trinajstić information content (AvgIpc) is 2.71. The Kier molecular flexibility index (Phi) is 4.00. The van der Waals surface area contributed by atoms with Crippen LogP contribution < -0.4 is 5.73 Å². The zero-order valence-corrected chi connectivity index (χ0v) is 11.3. The Bertz CT molecular complexity index is 365. The minimum Gasteiger partial charge on any atom is -0.330 e. The number of benzene rings is 1. The van der Waals surface area contributed by atoms with Crippen molar-refractivity contribution in [2.45, 2.75) is 25.3 Å². The molecule has 0 amide bonds. The zero-order valence-electron chi connectivity index (χ0n) is 9.75. The third kappa shape index (κ3) is 2.31. The van der Waals surface area contributed by atoms with Gasteiger partial charge in [0.25, 0.3) is 0 Å². The van der Waals surface area contributed by atoms with Crippen LogP contribution in [0.2, 0.25) is 0 Å². The molecule has 1 aliphatic rings. The molecule has 0 saturated heterocycles. The second-order valence-electron chi connectivity index (χ2n) is 4.48. The molecule has 1 atom stereocenters. The Balaban J connectivity index is 2.14. The van der Waals surface area contributed by atoms with Gasteiger partial charge in [-0.2, -0.15) is 0 Å². The van der Waals surface area contributed by atoms with E-state index < -0.39 is 0 Å². The first-order valence-electron chi connectivity index (χ1n) is 5.91. The Hall–Kier alpha value is -0.380. The lowest BCUT2D eigenvalue weighted by Gasteiger charge is -2.25. The molecule has 0 aromatic heterocycles. The van der Waals surface area contributed by atoms with E-state index in [1.165, 1.54) is 28.4 Å². The molecule has 0 fully saturated rings. The Morgan fingerprint density at radius 2 is 2.31 bits per heavy atom. The summed E-state index contributed by atoms with van der Waals surface area (Å²) in [4.78, 5) is 2.44. The first-order chi connectivity index (χ1) is 7.74. The lowest BCUT2D eigenvalue weighted by Crippen LogP contribution is -2.25. The lowest BCUT2D eigenvalue weighted by atomic mass is 10.1. The second kappa shape index (κ2) is 5.30. The van der Waals surface area contributed by atoms with Gasteiger partial charge < -0.3 is 5.73 Å². The molecular weight excluding hydrogens is 264 g/mol. The Morgan fingerprint density at radius 3 is 3.06 bits per heavy atom. The predicted molar refractivity (Wildman–Crippen MR) is 71.5 cm³/mol. The number of halogens is 1. The molecule has 1 aliphatic carbocycles. The van der Waals surface area contributed by atoms with Crippen molar-refractivity contribution in [3.63, 3.8) is 0 Å². The normalized spacial score (nSPS) is 19.1. The van der Waals surface area contributed by atoms with E-state index in [1.807, 2.05) is 0 Å². The molecule has 0 saturated carbocycles. The SMILES string of the molecule is CN(CCCN)C1CCc2c(Br)cccc21. The van der Waals surface area contributed by atoms with E-state index in [0.717, 1.165) is 19.5 Å². The summed E-state index contributed by atoms with van der Waals surface area (Å²) >= 11 is 3.64. The van der Waals surface area contributed by atoms with Crippen molar-refractivity contribution in [3.05, 3.63) is 33.8 Å². The van der Waals surface area contributed by atoms with Crippen LogP contribution in [0.4, 0.5) is 0 Å². The Morgan fingerprint density at radius 1 is 1.50 bits per heavy atom. The highest BCUT2D eigenvalue weighted by molar-refractivity contribution is 9.10. The summed E-state index contributed by atoms with van der Waals surface area (Å²) in [5.41, 5.74) is 8.55. The fourth-order valence-electron chi connectivity index (χ4n) is 2.54. The molecule has 1 aromatic rings. The van der Waals surface area contributed by atoms with E-state index in [0.29, 0.717) is 6.04 Å². The van der Waals surface area contributed by atoms with E-state index in [-0.39, 0.29) is 0 Å². The van der Waals surface area contributed by atoms with E-state index in [4.69, 9.17) is 5.73 Å². The van der Waals surface area contributed by atoms with Crippen LogP contribution in [-0.2, 0) is 6.42 Å². The molecule has 1 aromatic carbocycles. The van der Waals surface area contributed by atoms with Crippen molar-refractivity contribution in [2.24, 2.45) is 5.73 Å². The quantitative estimate of drug-likeness (QED) is 0.920. The molecule has 88 valence electrons. The zero-order chi connectivity index (χ0) is 11.5. The molecule has 0 aliphatic heterocycles. The molecule has 2 N–H and O–H groups in total. The molecule has 0 heterocycles. The van der Waals surface area contributed by atoms with Crippen LogP contribution in [0.5, 0.6) is 0 Å². The van der Waals surface area contributed by atoms with Gasteiger partial charge in [0, 0.05) is 10.5 Å². The number of nitrogens with two attached hydrogens (primary N) is 1. The molecule has 16 heavy (non-hydrogen) atoms. The van der Waals surface area contributed by atoms with Gasteiger partial charge in [-0.3, -0.25) is 4.90 Å². The largest absolute Gasteiger partial charge is 0.330 e. The summed E-state index contributed by atoms with van der Waals surface area (Å²) < 4.78 is 1.26. The highest BCUT2D eigenvalue weighted by atomic mass is 79.9. The third-order valence-electron chi connectivity index (χ3n) is 3.43. The van der Waals surface area contributed by atoms with Gasteiger partial charge in [-0.1, -0.05) is 28.1 Å². The highest BCUT2D eigenvalue weighted by Crippen LogP contribution is 2.38. The van der Waals surface area contributed by atoms with E-state index in [1.54, 1.807) is 0 Å². The minimum atomic E-state index is 0.582. The van der Waals surface area contributed by atoms with E-state index in [2.05, 4.69) is 46.1 Å². The van der Waals surface area contributed by atoms with Gasteiger partial charge in [-0.05, 0) is 56.6 Å². The van der Waals surface area contributed by atoms with Crippen molar-refractivity contribution in [1.29, 1.82) is 0 Å². The van der Waals surface area contributed by atoms with Gasteiger partial charge in [0.05, 0.1) is 0 Å². The fraction of sp³-hybridized carbons (Fsp3) is 0.538. The number of hydrogen-bond donors (Lipinski definition) is 1. The first-order valence-corrected chi connectivity index (χ1v) is 6.71. The van der Waals surface area contributed by atoms with Crippen LogP contribution >= 0.6 is 15.9 Å². The van der Waals surface area contributed by atoms with E-state index >= 15 is 0 Å². The summed E-state index contributed by atoms with van der Waals surface area (Å²) in [6.45, 7) is 1.87. The van der Waals surface area contributed by atoms with Crippen LogP contribution in [0.3, 0.4) is 0 Å². The maximum Gasteiger partial charge on any atom is 0.0351 e. The average molecular weight is 283 g/mol. The minimum absolute atomic E-state index is 0.582. The van der Waals surface area contributed by atoms with Crippen molar-refractivity contribution in [3.8, 4) is 0 Å². The van der Waals surface area contributed by atoms with Crippen LogP contribution in [0.15, 0.2) is 22.7 Å². The van der Waals surface area contributed by atoms with Gasteiger partial charge >= 0.3 is 0 Å². The first kappa shape index (κ1) is 12.1. The van der Waals surface area contributed by atoms with Gasteiger partial charge in [0.15, 0.2) is 0 Å². The van der Waals surface area contributed by atoms with Crippen molar-refractivity contribution < 1.29 is 0 Å². The van der Waals surface area contributed by atoms with Crippen LogP contribution in [0, 0.1) is 0 Å². The maximum absolute atomic E-state index is 5.56. The smallest absolute Gasteiger partial charge is 0.0351 e. The molecule has 0 spiro atoms. The molecular formula is C13H19BrN2. The van der Waals surface area contributed by atoms with E-state index in [9.17, 15) is 0 Å². The maximum atomic E-state index is 5.56. The number of fused-ring (bicyclic) bond motifs is 1. The van der Waals surface area contributed by atoms with Crippen molar-refractivity contribution in [1.82, 2.24) is 4.90 Å². The van der Waals surface area contributed by atoms with Gasteiger partial charge in [0.2, 0.25) is 0 Å². The number of nitrogens with zero attached hydrogens (tertiary/aromatic N) is 1. The molecule has 2 rings (SSSR count). The Labute approximate surface area is 106 Å². The van der Waals surface area contributed by atoms with Crippen molar-refractivity contribution >= 4 is 15.9 Å². The molecule has 0 bridgehead atoms. The fourth-order valence-corrected chi connectivity index (χ4v) is 3.12. The molecule has 3 heteroatoms. The molecule has 1 unspecified atom stereocenters. The predicted octanol–water partition coefficient (Wildman–Crippen LogP) is 2.72. The second-order valence-corrected chi connectivity index (χ2v) is 5.34. The summed E-state index contributed by atoms with van der Waals surface area (Å²) in [6.07, 6.45) is 3.50. The van der Waals surface area contributed by atoms with Gasteiger partial charge in [-0.15, -0.1) is 0 Å². The van der Waals surface area contributed by atoms with Crippen molar-refractivity contribution in [2.75, 3.05) is 20.1 Å².